The van der Waals surface area contributed by atoms with E-state index in [1.54, 1.807) is 6.07 Å². The molecule has 5 nitrogen and oxygen atoms in total. The lowest BCUT2D eigenvalue weighted by Gasteiger charge is -2.63. The third kappa shape index (κ3) is 1.42. The number of nitrogens with one attached hydrogen (secondary N) is 1. The van der Waals surface area contributed by atoms with E-state index in [2.05, 4.69) is 47.3 Å². The Kier molecular flexibility index (Phi) is 2.51. The van der Waals surface area contributed by atoms with Gasteiger partial charge in [0.25, 0.3) is 0 Å². The summed E-state index contributed by atoms with van der Waals surface area (Å²) in [6.45, 7) is 0.994. The number of rotatable bonds is 0. The van der Waals surface area contributed by atoms with Gasteiger partial charge in [-0.3, -0.25) is 0 Å². The van der Waals surface area contributed by atoms with Crippen molar-refractivity contribution < 1.29 is 9.84 Å². The molecule has 4 atom stereocenters. The number of ether oxygens (including phenoxy) is 1. The molecule has 5 heteroatoms. The molecule has 1 spiro atoms. The van der Waals surface area contributed by atoms with E-state index >= 15 is 0 Å². The van der Waals surface area contributed by atoms with Gasteiger partial charge in [0.2, 0.25) is 0 Å². The Hall–Kier alpha value is -2.50. The van der Waals surface area contributed by atoms with E-state index in [4.69, 9.17) is 10.5 Å². The first-order chi connectivity index (χ1) is 13.5. The summed E-state index contributed by atoms with van der Waals surface area (Å²) >= 11 is 0. The Morgan fingerprint density at radius 3 is 3.00 bits per heavy atom. The van der Waals surface area contributed by atoms with Gasteiger partial charge in [0, 0.05) is 28.0 Å². The number of nitrogens with two attached hydrogens (primary N) is 1. The zero-order chi connectivity index (χ0) is 18.8. The Morgan fingerprint density at radius 1 is 1.25 bits per heavy atom. The standard InChI is InChI=1S/C23H23N3O2/c1-26-9-8-22-18-12-6-7-16(27)20(18)28-21(22)19-14(11-23(22,24)17(26)10-12)13-4-2-3-5-15(13)25-19/h2-7,17,21,25,27H,8-11,24H2,1H3/t17-,21-,22-,23+/m0/s1. The van der Waals surface area contributed by atoms with Gasteiger partial charge < -0.3 is 25.5 Å². The Balaban J connectivity index is 1.62. The molecule has 0 saturated carbocycles. The number of para-hydroxylation sites is 1. The number of likely N-dealkylation sites (N-methyl/N-ethyl adjacent to an activating group) is 1. The van der Waals surface area contributed by atoms with E-state index in [0.29, 0.717) is 5.75 Å². The molecule has 3 heterocycles. The molecule has 7 rings (SSSR count). The maximum absolute atomic E-state index is 10.6. The molecule has 0 amide bonds. The van der Waals surface area contributed by atoms with Gasteiger partial charge in [-0.05, 0) is 56.1 Å². The number of H-pyrrole nitrogens is 1. The topological polar surface area (TPSA) is 74.5 Å². The van der Waals surface area contributed by atoms with Gasteiger partial charge in [0.05, 0.1) is 11.1 Å². The fraction of sp³-hybridized carbons (Fsp3) is 0.391. The van der Waals surface area contributed by atoms with E-state index < -0.39 is 5.54 Å². The monoisotopic (exact) mass is 373 g/mol. The highest BCUT2D eigenvalue weighted by Crippen LogP contribution is 2.68. The predicted molar refractivity (Wildman–Crippen MR) is 107 cm³/mol. The van der Waals surface area contributed by atoms with Crippen LogP contribution in [0.3, 0.4) is 0 Å². The van der Waals surface area contributed by atoms with E-state index in [0.717, 1.165) is 37.0 Å². The number of piperidine rings is 1. The maximum Gasteiger partial charge on any atom is 0.166 e. The number of phenolic OH excluding ortho intramolecular Hbond substituents is 1. The number of aromatic hydroxyl groups is 1. The van der Waals surface area contributed by atoms with Crippen molar-refractivity contribution in [3.05, 3.63) is 58.8 Å². The molecule has 2 aliphatic carbocycles. The number of benzene rings is 2. The summed E-state index contributed by atoms with van der Waals surface area (Å²) in [6, 6.07) is 12.6. The summed E-state index contributed by atoms with van der Waals surface area (Å²) in [4.78, 5) is 6.10. The van der Waals surface area contributed by atoms with Crippen molar-refractivity contribution in [2.24, 2.45) is 5.73 Å². The summed E-state index contributed by atoms with van der Waals surface area (Å²) in [5, 5.41) is 11.9. The van der Waals surface area contributed by atoms with Crippen LogP contribution in [0.1, 0.15) is 34.9 Å². The predicted octanol–water partition coefficient (Wildman–Crippen LogP) is 2.76. The highest BCUT2D eigenvalue weighted by atomic mass is 16.5. The van der Waals surface area contributed by atoms with Crippen molar-refractivity contribution >= 4 is 10.9 Å². The third-order valence-electron chi connectivity index (χ3n) is 8.16. The molecular formula is C23H23N3O2. The van der Waals surface area contributed by atoms with E-state index in [9.17, 15) is 5.11 Å². The first-order valence-corrected chi connectivity index (χ1v) is 10.2. The van der Waals surface area contributed by atoms with E-state index in [1.165, 1.54) is 22.1 Å². The fourth-order valence-electron chi connectivity index (χ4n) is 6.96. The lowest BCUT2D eigenvalue weighted by molar-refractivity contribution is -0.0453. The summed E-state index contributed by atoms with van der Waals surface area (Å²) in [7, 11) is 2.20. The number of likely N-dealkylation sites (tertiary alicyclic amines) is 1. The number of aromatic nitrogens is 1. The van der Waals surface area contributed by atoms with Crippen LogP contribution < -0.4 is 10.5 Å². The lowest BCUT2D eigenvalue weighted by Crippen LogP contribution is -2.78. The van der Waals surface area contributed by atoms with Crippen LogP contribution in [0.15, 0.2) is 36.4 Å². The third-order valence-corrected chi connectivity index (χ3v) is 8.16. The van der Waals surface area contributed by atoms with Crippen molar-refractivity contribution in [1.29, 1.82) is 0 Å². The average molecular weight is 373 g/mol. The van der Waals surface area contributed by atoms with Crippen LogP contribution in [-0.4, -0.2) is 40.2 Å². The van der Waals surface area contributed by atoms with Crippen LogP contribution >= 0.6 is 0 Å². The lowest BCUT2D eigenvalue weighted by atomic mass is 9.48. The summed E-state index contributed by atoms with van der Waals surface area (Å²) in [6.07, 6.45) is 2.51. The van der Waals surface area contributed by atoms with Crippen molar-refractivity contribution in [2.75, 3.05) is 13.6 Å². The Morgan fingerprint density at radius 2 is 2.11 bits per heavy atom. The molecule has 4 aliphatic rings. The SMILES string of the molecule is CN1CC[C@]23c4c5ccc(O)c4O[C@H]2c2[nH]c4ccccc4c2C[C@@]3(N)[C@@H]1C5. The van der Waals surface area contributed by atoms with E-state index in [-0.39, 0.29) is 23.3 Å². The fourth-order valence-corrected chi connectivity index (χ4v) is 6.96. The molecule has 0 unspecified atom stereocenters. The van der Waals surface area contributed by atoms with Crippen molar-refractivity contribution in [2.45, 2.75) is 42.4 Å². The second kappa shape index (κ2) is 4.56. The maximum atomic E-state index is 10.6. The number of hydrogen-bond donors (Lipinski definition) is 3. The van der Waals surface area contributed by atoms with Crippen LogP contribution in [0.25, 0.3) is 10.9 Å². The van der Waals surface area contributed by atoms with Crippen LogP contribution in [0.2, 0.25) is 0 Å². The molecule has 142 valence electrons. The minimum Gasteiger partial charge on any atom is -0.504 e. The quantitative estimate of drug-likeness (QED) is 0.566. The first kappa shape index (κ1) is 15.4. The number of aromatic amines is 1. The minimum atomic E-state index is -0.422. The second-order valence-electron chi connectivity index (χ2n) is 9.15. The molecule has 3 aromatic rings. The van der Waals surface area contributed by atoms with Crippen molar-refractivity contribution in [1.82, 2.24) is 9.88 Å². The molecule has 2 aliphatic heterocycles. The van der Waals surface area contributed by atoms with Crippen molar-refractivity contribution in [3.63, 3.8) is 0 Å². The van der Waals surface area contributed by atoms with Gasteiger partial charge in [-0.15, -0.1) is 0 Å². The summed E-state index contributed by atoms with van der Waals surface area (Å²) < 4.78 is 6.59. The Labute approximate surface area is 163 Å². The van der Waals surface area contributed by atoms with Gasteiger partial charge in [-0.25, -0.2) is 0 Å². The van der Waals surface area contributed by atoms with Crippen LogP contribution in [-0.2, 0) is 18.3 Å². The van der Waals surface area contributed by atoms with Gasteiger partial charge >= 0.3 is 0 Å². The summed E-state index contributed by atoms with van der Waals surface area (Å²) in [5.41, 5.74) is 12.7. The van der Waals surface area contributed by atoms with Crippen molar-refractivity contribution in [3.8, 4) is 11.5 Å². The smallest absolute Gasteiger partial charge is 0.166 e. The summed E-state index contributed by atoms with van der Waals surface area (Å²) in [5.74, 6) is 0.895. The molecule has 4 N–H and O–H groups in total. The molecule has 2 aromatic carbocycles. The zero-order valence-electron chi connectivity index (χ0n) is 15.8. The molecular weight excluding hydrogens is 350 g/mol. The van der Waals surface area contributed by atoms with Gasteiger partial charge in [-0.2, -0.15) is 0 Å². The normalized spacial score (nSPS) is 34.8. The molecule has 1 saturated heterocycles. The number of phenols is 1. The molecule has 1 fully saturated rings. The van der Waals surface area contributed by atoms with Gasteiger partial charge in [0.1, 0.15) is 0 Å². The van der Waals surface area contributed by atoms with Gasteiger partial charge in [0.15, 0.2) is 17.6 Å². The zero-order valence-corrected chi connectivity index (χ0v) is 15.8. The molecule has 2 bridgehead atoms. The number of hydrogen-bond acceptors (Lipinski definition) is 4. The second-order valence-corrected chi connectivity index (χ2v) is 9.15. The minimum absolute atomic E-state index is 0.174. The van der Waals surface area contributed by atoms with E-state index in [1.807, 2.05) is 0 Å². The van der Waals surface area contributed by atoms with Crippen LogP contribution in [0.4, 0.5) is 0 Å². The van der Waals surface area contributed by atoms with Crippen LogP contribution in [0.5, 0.6) is 11.5 Å². The Bertz CT molecular complexity index is 1180. The highest BCUT2D eigenvalue weighted by Gasteiger charge is 2.71. The molecule has 0 radical (unpaired) electrons. The number of nitrogens with zero attached hydrogens (tertiary/aromatic N) is 1. The molecule has 28 heavy (non-hydrogen) atoms. The molecule has 1 aromatic heterocycles. The number of fused-ring (bicyclic) bond motifs is 4. The largest absolute Gasteiger partial charge is 0.504 e. The van der Waals surface area contributed by atoms with Crippen LogP contribution in [0, 0.1) is 0 Å². The highest BCUT2D eigenvalue weighted by molar-refractivity contribution is 5.86. The first-order valence-electron chi connectivity index (χ1n) is 10.2. The van der Waals surface area contributed by atoms with Gasteiger partial charge in [-0.1, -0.05) is 24.3 Å². The average Bonchev–Trinajstić information content (AvgIpc) is 3.22.